The molecule has 0 saturated carbocycles. The van der Waals surface area contributed by atoms with Gasteiger partial charge in [0.25, 0.3) is 0 Å². The number of unbranched alkanes of at least 4 members (excludes halogenated alkanes) is 34. The molecule has 1 rings (SSSR count). The summed E-state index contributed by atoms with van der Waals surface area (Å²) in [6, 6.07) is 0. The molecule has 366 valence electrons. The number of aliphatic carboxylic acids is 1. The van der Waals surface area contributed by atoms with E-state index in [-0.39, 0.29) is 26.1 Å². The third-order valence-electron chi connectivity index (χ3n) is 12.5. The summed E-state index contributed by atoms with van der Waals surface area (Å²) in [5.74, 6) is -2.42. The Kier molecular flexibility index (Phi) is 39.3. The van der Waals surface area contributed by atoms with Crippen molar-refractivity contribution in [1.82, 2.24) is 0 Å². The molecule has 1 saturated heterocycles. The van der Waals surface area contributed by atoms with E-state index in [4.69, 9.17) is 18.9 Å². The van der Waals surface area contributed by atoms with Crippen molar-refractivity contribution in [3.63, 3.8) is 0 Å². The quantitative estimate of drug-likeness (QED) is 0.0339. The van der Waals surface area contributed by atoms with Crippen LogP contribution < -0.4 is 0 Å². The second-order valence-electron chi connectivity index (χ2n) is 18.4. The van der Waals surface area contributed by atoms with Crippen LogP contribution in [-0.4, -0.2) is 88.4 Å². The average molecular weight is 885 g/mol. The minimum absolute atomic E-state index is 0.190. The van der Waals surface area contributed by atoms with Gasteiger partial charge in [-0.2, -0.15) is 0 Å². The van der Waals surface area contributed by atoms with Crippen molar-refractivity contribution in [3.05, 3.63) is 0 Å². The van der Waals surface area contributed by atoms with Crippen molar-refractivity contribution in [1.29, 1.82) is 0 Å². The first kappa shape index (κ1) is 58.2. The van der Waals surface area contributed by atoms with Gasteiger partial charge in [-0.1, -0.05) is 232 Å². The molecule has 1 aliphatic heterocycles. The molecule has 62 heavy (non-hydrogen) atoms. The number of hydrogen-bond acceptors (Lipinski definition) is 10. The molecule has 0 aliphatic carbocycles. The molecule has 11 heteroatoms. The van der Waals surface area contributed by atoms with Crippen LogP contribution >= 0.6 is 0 Å². The van der Waals surface area contributed by atoms with Gasteiger partial charge < -0.3 is 39.4 Å². The van der Waals surface area contributed by atoms with Crippen LogP contribution in [0, 0.1) is 0 Å². The van der Waals surface area contributed by atoms with Crippen LogP contribution in [0.3, 0.4) is 0 Å². The molecule has 0 spiro atoms. The topological polar surface area (TPSA) is 169 Å². The highest BCUT2D eigenvalue weighted by atomic mass is 16.7. The van der Waals surface area contributed by atoms with Gasteiger partial charge in [-0.15, -0.1) is 0 Å². The van der Waals surface area contributed by atoms with E-state index in [0.29, 0.717) is 12.8 Å². The van der Waals surface area contributed by atoms with E-state index in [1.807, 2.05) is 0 Å². The minimum Gasteiger partial charge on any atom is -0.479 e. The number of ether oxygens (including phenoxy) is 4. The van der Waals surface area contributed by atoms with E-state index in [1.54, 1.807) is 0 Å². The van der Waals surface area contributed by atoms with Gasteiger partial charge in [0, 0.05) is 12.8 Å². The molecule has 0 aromatic rings. The third kappa shape index (κ3) is 32.8. The van der Waals surface area contributed by atoms with E-state index in [1.165, 1.54) is 180 Å². The van der Waals surface area contributed by atoms with Crippen LogP contribution in [0.1, 0.15) is 258 Å². The van der Waals surface area contributed by atoms with Crippen LogP contribution in [0.15, 0.2) is 0 Å². The zero-order valence-electron chi connectivity index (χ0n) is 39.9. The number of hydrogen-bond donors (Lipinski definition) is 4. The normalized spacial score (nSPS) is 19.4. The third-order valence-corrected chi connectivity index (χ3v) is 12.5. The van der Waals surface area contributed by atoms with E-state index in [9.17, 15) is 34.8 Å². The molecule has 6 unspecified atom stereocenters. The number of carbonyl (C=O) groups is 3. The lowest BCUT2D eigenvalue weighted by Crippen LogP contribution is -2.60. The first-order chi connectivity index (χ1) is 30.2. The van der Waals surface area contributed by atoms with Crippen LogP contribution in [0.25, 0.3) is 0 Å². The molecule has 0 amide bonds. The van der Waals surface area contributed by atoms with Crippen LogP contribution in [0.4, 0.5) is 0 Å². The van der Waals surface area contributed by atoms with Crippen LogP contribution in [0.2, 0.25) is 0 Å². The molecule has 1 fully saturated rings. The molecule has 0 aromatic carbocycles. The summed E-state index contributed by atoms with van der Waals surface area (Å²) in [7, 11) is 0. The second kappa shape index (κ2) is 41.9. The van der Waals surface area contributed by atoms with Gasteiger partial charge in [-0.25, -0.2) is 4.79 Å². The second-order valence-corrected chi connectivity index (χ2v) is 18.4. The molecule has 0 radical (unpaired) electrons. The zero-order valence-corrected chi connectivity index (χ0v) is 39.9. The number of aliphatic hydroxyl groups is 3. The van der Waals surface area contributed by atoms with Crippen molar-refractivity contribution in [3.8, 4) is 0 Å². The maximum atomic E-state index is 12.8. The fraction of sp³-hybridized carbons (Fsp3) is 0.941. The van der Waals surface area contributed by atoms with E-state index in [2.05, 4.69) is 13.8 Å². The molecular formula is C51H96O11. The predicted molar refractivity (Wildman–Crippen MR) is 248 cm³/mol. The smallest absolute Gasteiger partial charge is 0.335 e. The highest BCUT2D eigenvalue weighted by Crippen LogP contribution is 2.23. The standard InChI is InChI=1S/C51H96O11/c1-3-5-7-9-11-13-15-17-18-19-20-21-22-23-24-25-26-27-28-30-31-33-35-37-39-44(52)59-41-43(42-60-51-48(56)46(54)47(55)49(62-51)50(57)58)61-45(53)40-38-36-34-32-29-16-14-12-10-8-6-4-2/h43,46-49,51,54-56H,3-42H2,1-2H3,(H,57,58). The first-order valence-corrected chi connectivity index (χ1v) is 26.1. The number of carboxylic acids is 1. The van der Waals surface area contributed by atoms with E-state index < -0.39 is 54.7 Å². The molecule has 1 aliphatic rings. The lowest BCUT2D eigenvalue weighted by atomic mass is 9.99. The Morgan fingerprint density at radius 3 is 1.10 bits per heavy atom. The summed E-state index contributed by atoms with van der Waals surface area (Å²) in [6.45, 7) is 3.85. The summed E-state index contributed by atoms with van der Waals surface area (Å²) in [5.41, 5.74) is 0. The van der Waals surface area contributed by atoms with Gasteiger partial charge >= 0.3 is 17.9 Å². The Hall–Kier alpha value is -1.79. The van der Waals surface area contributed by atoms with E-state index in [0.717, 1.165) is 38.5 Å². The minimum atomic E-state index is -1.86. The number of esters is 2. The first-order valence-electron chi connectivity index (χ1n) is 26.1. The van der Waals surface area contributed by atoms with Crippen molar-refractivity contribution < 1.29 is 53.8 Å². The van der Waals surface area contributed by atoms with Gasteiger partial charge in [0.1, 0.15) is 24.9 Å². The highest BCUT2D eigenvalue weighted by molar-refractivity contribution is 5.73. The predicted octanol–water partition coefficient (Wildman–Crippen LogP) is 12.2. The Morgan fingerprint density at radius 1 is 0.435 bits per heavy atom. The van der Waals surface area contributed by atoms with Crippen molar-refractivity contribution in [2.75, 3.05) is 13.2 Å². The largest absolute Gasteiger partial charge is 0.479 e. The summed E-state index contributed by atoms with van der Waals surface area (Å²) in [6.07, 6.45) is 36.0. The molecule has 1 heterocycles. The van der Waals surface area contributed by atoms with Gasteiger partial charge in [-0.3, -0.25) is 9.59 Å². The lowest BCUT2D eigenvalue weighted by molar-refractivity contribution is -0.298. The summed E-state index contributed by atoms with van der Waals surface area (Å²) in [5, 5.41) is 39.9. The van der Waals surface area contributed by atoms with Crippen molar-refractivity contribution in [2.24, 2.45) is 0 Å². The summed E-state index contributed by atoms with van der Waals surface area (Å²) < 4.78 is 21.8. The van der Waals surface area contributed by atoms with Gasteiger partial charge in [0.05, 0.1) is 6.61 Å². The highest BCUT2D eigenvalue weighted by Gasteiger charge is 2.47. The molecule has 0 aromatic heterocycles. The van der Waals surface area contributed by atoms with Gasteiger partial charge in [0.15, 0.2) is 18.5 Å². The van der Waals surface area contributed by atoms with Gasteiger partial charge in [-0.05, 0) is 12.8 Å². The zero-order chi connectivity index (χ0) is 45.3. The summed E-state index contributed by atoms with van der Waals surface area (Å²) in [4.78, 5) is 36.9. The Balaban J connectivity index is 2.21. The molecule has 6 atom stereocenters. The number of carboxylic acid groups (broad SMARTS) is 1. The monoisotopic (exact) mass is 885 g/mol. The number of aliphatic hydroxyl groups excluding tert-OH is 3. The Morgan fingerprint density at radius 2 is 0.758 bits per heavy atom. The van der Waals surface area contributed by atoms with Gasteiger partial charge in [0.2, 0.25) is 0 Å². The van der Waals surface area contributed by atoms with Crippen molar-refractivity contribution in [2.45, 2.75) is 295 Å². The Bertz CT molecular complexity index is 1040. The fourth-order valence-electron chi connectivity index (χ4n) is 8.35. The molecular weight excluding hydrogens is 789 g/mol. The number of carbonyl (C=O) groups excluding carboxylic acids is 2. The molecule has 0 bridgehead atoms. The average Bonchev–Trinajstić information content (AvgIpc) is 3.26. The lowest BCUT2D eigenvalue weighted by Gasteiger charge is -2.38. The van der Waals surface area contributed by atoms with Crippen LogP contribution in [-0.2, 0) is 33.3 Å². The molecule has 4 N–H and O–H groups in total. The number of rotatable bonds is 45. The Labute approximate surface area is 378 Å². The maximum Gasteiger partial charge on any atom is 0.335 e. The maximum absolute atomic E-state index is 12.8. The molecule has 11 nitrogen and oxygen atoms in total. The van der Waals surface area contributed by atoms with E-state index >= 15 is 0 Å². The fourth-order valence-corrected chi connectivity index (χ4v) is 8.35. The van der Waals surface area contributed by atoms with Crippen molar-refractivity contribution >= 4 is 17.9 Å². The van der Waals surface area contributed by atoms with Crippen LogP contribution in [0.5, 0.6) is 0 Å². The SMILES string of the molecule is CCCCCCCCCCCCCCCCCCCCCCCCCCC(=O)OCC(COC1OC(C(=O)O)C(O)C(O)C1O)OC(=O)CCCCCCCCCCCCCC. The summed E-state index contributed by atoms with van der Waals surface area (Å²) >= 11 is 0.